The molecule has 0 radical (unpaired) electrons. The van der Waals surface area contributed by atoms with E-state index in [9.17, 15) is 13.2 Å². The van der Waals surface area contributed by atoms with E-state index in [-0.39, 0.29) is 0 Å². The Balaban J connectivity index is 2.28. The van der Waals surface area contributed by atoms with Gasteiger partial charge in [-0.1, -0.05) is 6.92 Å². The zero-order valence-electron chi connectivity index (χ0n) is 8.77. The fourth-order valence-electron chi connectivity index (χ4n) is 1.62. The molecule has 1 unspecified atom stereocenters. The normalized spacial score (nSPS) is 20.1. The van der Waals surface area contributed by atoms with Gasteiger partial charge in [0, 0.05) is 22.4 Å². The van der Waals surface area contributed by atoms with Gasteiger partial charge in [0.05, 0.1) is 5.56 Å². The number of fused-ring (bicyclic) bond motifs is 1. The lowest BCUT2D eigenvalue weighted by atomic mass is 10.2. The van der Waals surface area contributed by atoms with Crippen molar-refractivity contribution in [3.8, 4) is 0 Å². The summed E-state index contributed by atoms with van der Waals surface area (Å²) >= 11 is 1.65. The van der Waals surface area contributed by atoms with Crippen LogP contribution in [0.15, 0.2) is 23.1 Å². The third-order valence-electron chi connectivity index (χ3n) is 2.58. The van der Waals surface area contributed by atoms with Crippen LogP contribution in [0.3, 0.4) is 0 Å². The van der Waals surface area contributed by atoms with Crippen LogP contribution >= 0.6 is 11.8 Å². The second kappa shape index (κ2) is 4.20. The molecule has 1 heterocycles. The summed E-state index contributed by atoms with van der Waals surface area (Å²) in [5, 5.41) is 3.50. The molecule has 0 aliphatic carbocycles. The molecule has 0 saturated heterocycles. The third-order valence-corrected chi connectivity index (χ3v) is 4.02. The maximum atomic E-state index is 12.5. The number of thioether (sulfide) groups is 1. The van der Waals surface area contributed by atoms with Gasteiger partial charge in [0.2, 0.25) is 0 Å². The minimum atomic E-state index is -4.26. The molecule has 0 saturated carbocycles. The standard InChI is InChI=1S/C11H12F3NS/c1-2-8-6-15-9-5-7(11(12,13)14)3-4-10(9)16-8/h3-5,8,15H,2,6H2,1H3. The molecule has 16 heavy (non-hydrogen) atoms. The van der Waals surface area contributed by atoms with Gasteiger partial charge < -0.3 is 5.32 Å². The van der Waals surface area contributed by atoms with Gasteiger partial charge in [-0.2, -0.15) is 13.2 Å². The summed E-state index contributed by atoms with van der Waals surface area (Å²) in [7, 11) is 0. The molecule has 5 heteroatoms. The Kier molecular flexibility index (Phi) is 3.06. The van der Waals surface area contributed by atoms with Crippen LogP contribution in [0.2, 0.25) is 0 Å². The number of hydrogen-bond acceptors (Lipinski definition) is 2. The number of rotatable bonds is 1. The molecule has 0 spiro atoms. The van der Waals surface area contributed by atoms with Crippen molar-refractivity contribution in [2.45, 2.75) is 29.7 Å². The molecule has 0 amide bonds. The number of anilines is 1. The second-order valence-electron chi connectivity index (χ2n) is 3.74. The van der Waals surface area contributed by atoms with Crippen molar-refractivity contribution in [3.63, 3.8) is 0 Å². The topological polar surface area (TPSA) is 12.0 Å². The monoisotopic (exact) mass is 247 g/mol. The Morgan fingerprint density at radius 2 is 2.19 bits per heavy atom. The van der Waals surface area contributed by atoms with Gasteiger partial charge in [-0.05, 0) is 24.6 Å². The van der Waals surface area contributed by atoms with Gasteiger partial charge >= 0.3 is 6.18 Å². The zero-order chi connectivity index (χ0) is 11.8. The summed E-state index contributed by atoms with van der Waals surface area (Å²) in [6, 6.07) is 3.89. The highest BCUT2D eigenvalue weighted by Gasteiger charge is 2.31. The molecule has 0 fully saturated rings. The van der Waals surface area contributed by atoms with Crippen LogP contribution in [0.25, 0.3) is 0 Å². The van der Waals surface area contributed by atoms with Crippen LogP contribution in [0.4, 0.5) is 18.9 Å². The SMILES string of the molecule is CCC1CNc2cc(C(F)(F)F)ccc2S1. The van der Waals surface area contributed by atoms with Gasteiger partial charge in [-0.25, -0.2) is 0 Å². The Bertz CT molecular complexity index is 389. The van der Waals surface area contributed by atoms with Crippen LogP contribution in [-0.4, -0.2) is 11.8 Å². The smallest absolute Gasteiger partial charge is 0.383 e. The van der Waals surface area contributed by atoms with E-state index in [4.69, 9.17) is 0 Å². The summed E-state index contributed by atoms with van der Waals surface area (Å²) in [5.74, 6) is 0. The van der Waals surface area contributed by atoms with Crippen molar-refractivity contribution in [2.75, 3.05) is 11.9 Å². The first kappa shape index (κ1) is 11.6. The number of nitrogens with one attached hydrogen (secondary N) is 1. The minimum Gasteiger partial charge on any atom is -0.383 e. The van der Waals surface area contributed by atoms with E-state index in [1.807, 2.05) is 0 Å². The number of halogens is 3. The lowest BCUT2D eigenvalue weighted by Crippen LogP contribution is -2.21. The minimum absolute atomic E-state index is 0.448. The average molecular weight is 247 g/mol. The van der Waals surface area contributed by atoms with Crippen molar-refractivity contribution in [2.24, 2.45) is 0 Å². The number of hydrogen-bond donors (Lipinski definition) is 1. The second-order valence-corrected chi connectivity index (χ2v) is 5.08. The molecule has 0 aromatic heterocycles. The summed E-state index contributed by atoms with van der Waals surface area (Å²) in [6.45, 7) is 2.81. The molecule has 1 N–H and O–H groups in total. The van der Waals surface area contributed by atoms with Crippen molar-refractivity contribution >= 4 is 17.4 Å². The van der Waals surface area contributed by atoms with Crippen LogP contribution in [0.5, 0.6) is 0 Å². The highest BCUT2D eigenvalue weighted by atomic mass is 32.2. The van der Waals surface area contributed by atoms with Crippen LogP contribution in [0, 0.1) is 0 Å². The van der Waals surface area contributed by atoms with Gasteiger partial charge in [-0.15, -0.1) is 11.8 Å². The molecular weight excluding hydrogens is 235 g/mol. The van der Waals surface area contributed by atoms with Gasteiger partial charge in [-0.3, -0.25) is 0 Å². The largest absolute Gasteiger partial charge is 0.416 e. The molecule has 1 aliphatic rings. The first-order chi connectivity index (χ1) is 7.50. The van der Waals surface area contributed by atoms with Crippen LogP contribution in [-0.2, 0) is 6.18 Å². The Hall–Kier alpha value is -0.840. The predicted molar refractivity (Wildman–Crippen MR) is 59.9 cm³/mol. The van der Waals surface area contributed by atoms with E-state index in [2.05, 4.69) is 12.2 Å². The van der Waals surface area contributed by atoms with Crippen molar-refractivity contribution in [1.29, 1.82) is 0 Å². The van der Waals surface area contributed by atoms with Crippen molar-refractivity contribution in [1.82, 2.24) is 0 Å². The van der Waals surface area contributed by atoms with E-state index in [0.29, 0.717) is 10.9 Å². The summed E-state index contributed by atoms with van der Waals surface area (Å²) in [5.41, 5.74) is 0.0128. The third kappa shape index (κ3) is 2.29. The summed E-state index contributed by atoms with van der Waals surface area (Å²) < 4.78 is 37.4. The molecule has 1 aromatic rings. The predicted octanol–water partition coefficient (Wildman–Crippen LogP) is 4.00. The quantitative estimate of drug-likeness (QED) is 0.805. The fraction of sp³-hybridized carbons (Fsp3) is 0.455. The first-order valence-electron chi connectivity index (χ1n) is 5.12. The first-order valence-corrected chi connectivity index (χ1v) is 6.00. The lowest BCUT2D eigenvalue weighted by molar-refractivity contribution is -0.137. The number of alkyl halides is 3. The Labute approximate surface area is 96.4 Å². The number of benzene rings is 1. The van der Waals surface area contributed by atoms with Gasteiger partial charge in [0.15, 0.2) is 0 Å². The van der Waals surface area contributed by atoms with Crippen LogP contribution in [0.1, 0.15) is 18.9 Å². The molecule has 88 valence electrons. The Morgan fingerprint density at radius 1 is 1.44 bits per heavy atom. The maximum absolute atomic E-state index is 12.5. The lowest BCUT2D eigenvalue weighted by Gasteiger charge is -2.25. The molecule has 0 bridgehead atoms. The molecule has 1 aromatic carbocycles. The Morgan fingerprint density at radius 3 is 2.81 bits per heavy atom. The van der Waals surface area contributed by atoms with E-state index in [1.165, 1.54) is 6.07 Å². The molecular formula is C11H12F3NS. The molecule has 2 rings (SSSR count). The highest BCUT2D eigenvalue weighted by molar-refractivity contribution is 8.00. The van der Waals surface area contributed by atoms with Crippen molar-refractivity contribution in [3.05, 3.63) is 23.8 Å². The average Bonchev–Trinajstić information content (AvgIpc) is 2.26. The van der Waals surface area contributed by atoms with E-state index < -0.39 is 11.7 Å². The molecule has 1 aliphatic heterocycles. The fourth-order valence-corrected chi connectivity index (χ4v) is 2.72. The van der Waals surface area contributed by atoms with E-state index in [0.717, 1.165) is 23.9 Å². The van der Waals surface area contributed by atoms with Gasteiger partial charge in [0.1, 0.15) is 0 Å². The summed E-state index contributed by atoms with van der Waals surface area (Å²) in [4.78, 5) is 0.908. The highest BCUT2D eigenvalue weighted by Crippen LogP contribution is 2.39. The van der Waals surface area contributed by atoms with Gasteiger partial charge in [0.25, 0.3) is 0 Å². The van der Waals surface area contributed by atoms with Crippen LogP contribution < -0.4 is 5.32 Å². The summed E-state index contributed by atoms with van der Waals surface area (Å²) in [6.07, 6.45) is -3.25. The zero-order valence-corrected chi connectivity index (χ0v) is 9.58. The van der Waals surface area contributed by atoms with E-state index >= 15 is 0 Å². The van der Waals surface area contributed by atoms with Crippen molar-refractivity contribution < 1.29 is 13.2 Å². The molecule has 1 nitrogen and oxygen atoms in total. The van der Waals surface area contributed by atoms with E-state index in [1.54, 1.807) is 17.8 Å². The maximum Gasteiger partial charge on any atom is 0.416 e. The molecule has 1 atom stereocenters.